The predicted octanol–water partition coefficient (Wildman–Crippen LogP) is 4.69. The molecule has 1 N–H and O–H groups in total. The van der Waals surface area contributed by atoms with Crippen molar-refractivity contribution in [1.29, 1.82) is 0 Å². The number of benzene rings is 2. The number of hydrogen-bond acceptors (Lipinski definition) is 6. The monoisotopic (exact) mass is 433 g/mol. The summed E-state index contributed by atoms with van der Waals surface area (Å²) in [6.45, 7) is -0.464. The second-order valence-corrected chi connectivity index (χ2v) is 6.53. The van der Waals surface area contributed by atoms with Crippen LogP contribution in [0.5, 0.6) is 5.75 Å². The fraction of sp³-hybridized carbons (Fsp3) is 0.0526. The van der Waals surface area contributed by atoms with Gasteiger partial charge in [-0.2, -0.15) is 5.10 Å². The van der Waals surface area contributed by atoms with Crippen LogP contribution in [0.25, 0.3) is 11.3 Å². The first-order valence-electron chi connectivity index (χ1n) is 8.17. The lowest BCUT2D eigenvalue weighted by molar-refractivity contribution is -0.385. The van der Waals surface area contributed by atoms with E-state index >= 15 is 0 Å². The molecule has 148 valence electrons. The first-order chi connectivity index (χ1) is 13.9. The number of amides is 1. The van der Waals surface area contributed by atoms with Gasteiger partial charge in [0.05, 0.1) is 11.1 Å². The summed E-state index contributed by atoms with van der Waals surface area (Å²) < 4.78 is 10.8. The fourth-order valence-corrected chi connectivity index (χ4v) is 2.58. The molecule has 0 bridgehead atoms. The Morgan fingerprint density at radius 3 is 2.59 bits per heavy atom. The smallest absolute Gasteiger partial charge is 0.312 e. The van der Waals surface area contributed by atoms with Crippen molar-refractivity contribution in [2.24, 2.45) is 5.10 Å². The molecule has 0 radical (unpaired) electrons. The number of hydrogen-bond donors (Lipinski definition) is 1. The van der Waals surface area contributed by atoms with Gasteiger partial charge in [-0.1, -0.05) is 23.2 Å². The number of nitro groups is 1. The Bertz CT molecular complexity index is 1060. The number of carbonyl (C=O) groups excluding carboxylic acids is 1. The molecule has 3 rings (SSSR count). The van der Waals surface area contributed by atoms with E-state index in [1.54, 1.807) is 24.3 Å². The van der Waals surface area contributed by atoms with Crippen molar-refractivity contribution in [2.75, 3.05) is 6.61 Å². The standard InChI is InChI=1S/C19H13Cl2N3O5/c20-13-3-1-12(2-4-13)17-8-6-15(29-17)10-22-23-19(25)11-28-18-7-5-14(21)9-16(18)24(26)27/h1-10H,11H2,(H,23,25). The Hall–Kier alpha value is -3.36. The lowest BCUT2D eigenvalue weighted by atomic mass is 10.2. The van der Waals surface area contributed by atoms with Crippen LogP contribution >= 0.6 is 23.2 Å². The highest BCUT2D eigenvalue weighted by Crippen LogP contribution is 2.29. The highest BCUT2D eigenvalue weighted by molar-refractivity contribution is 6.31. The van der Waals surface area contributed by atoms with Gasteiger partial charge in [-0.15, -0.1) is 0 Å². The minimum atomic E-state index is -0.646. The molecular weight excluding hydrogens is 421 g/mol. The molecular formula is C19H13Cl2N3O5. The number of rotatable bonds is 7. The van der Waals surface area contributed by atoms with Gasteiger partial charge in [-0.3, -0.25) is 14.9 Å². The second kappa shape index (κ2) is 9.22. The molecule has 0 saturated carbocycles. The van der Waals surface area contributed by atoms with Gasteiger partial charge in [0, 0.05) is 21.7 Å². The van der Waals surface area contributed by atoms with Crippen LogP contribution in [0.1, 0.15) is 5.76 Å². The maximum absolute atomic E-state index is 11.8. The van der Waals surface area contributed by atoms with E-state index in [1.165, 1.54) is 18.3 Å². The number of nitro benzene ring substituents is 1. The van der Waals surface area contributed by atoms with Crippen molar-refractivity contribution >= 4 is 41.0 Å². The summed E-state index contributed by atoms with van der Waals surface area (Å²) in [5.41, 5.74) is 2.76. The highest BCUT2D eigenvalue weighted by Gasteiger charge is 2.16. The summed E-state index contributed by atoms with van der Waals surface area (Å²) in [5, 5.41) is 15.6. The first-order valence-corrected chi connectivity index (χ1v) is 8.92. The first kappa shape index (κ1) is 20.4. The third-order valence-corrected chi connectivity index (χ3v) is 4.10. The molecule has 0 saturated heterocycles. The van der Waals surface area contributed by atoms with Gasteiger partial charge < -0.3 is 9.15 Å². The predicted molar refractivity (Wildman–Crippen MR) is 108 cm³/mol. The highest BCUT2D eigenvalue weighted by atomic mass is 35.5. The van der Waals surface area contributed by atoms with Crippen molar-refractivity contribution in [3.63, 3.8) is 0 Å². The minimum absolute atomic E-state index is 0.0721. The molecule has 10 heteroatoms. The summed E-state index contributed by atoms with van der Waals surface area (Å²) in [7, 11) is 0. The van der Waals surface area contributed by atoms with E-state index in [4.69, 9.17) is 32.4 Å². The third kappa shape index (κ3) is 5.56. The molecule has 0 aliphatic rings. The van der Waals surface area contributed by atoms with Crippen molar-refractivity contribution in [3.8, 4) is 17.1 Å². The number of furan rings is 1. The molecule has 1 aromatic heterocycles. The maximum Gasteiger partial charge on any atom is 0.312 e. The van der Waals surface area contributed by atoms with Crippen LogP contribution in [-0.2, 0) is 4.79 Å². The Kier molecular flexibility index (Phi) is 6.48. The van der Waals surface area contributed by atoms with Gasteiger partial charge in [-0.25, -0.2) is 5.43 Å². The molecule has 0 aliphatic heterocycles. The van der Waals surface area contributed by atoms with E-state index in [1.807, 2.05) is 12.1 Å². The quantitative estimate of drug-likeness (QED) is 0.330. The summed E-state index contributed by atoms with van der Waals surface area (Å²) in [6.07, 6.45) is 1.32. The molecule has 1 heterocycles. The summed E-state index contributed by atoms with van der Waals surface area (Å²) in [6, 6.07) is 14.5. The molecule has 0 spiro atoms. The topological polar surface area (TPSA) is 107 Å². The molecule has 8 nitrogen and oxygen atoms in total. The fourth-order valence-electron chi connectivity index (χ4n) is 2.29. The Morgan fingerprint density at radius 1 is 1.14 bits per heavy atom. The van der Waals surface area contributed by atoms with Crippen LogP contribution in [0, 0.1) is 10.1 Å². The van der Waals surface area contributed by atoms with Crippen molar-refractivity contribution in [1.82, 2.24) is 5.43 Å². The molecule has 29 heavy (non-hydrogen) atoms. The number of nitrogens with one attached hydrogen (secondary N) is 1. The van der Waals surface area contributed by atoms with Crippen molar-refractivity contribution < 1.29 is 18.9 Å². The number of carbonyl (C=O) groups is 1. The van der Waals surface area contributed by atoms with Crippen molar-refractivity contribution in [2.45, 2.75) is 0 Å². The van der Waals surface area contributed by atoms with Crippen LogP contribution in [0.3, 0.4) is 0 Å². The zero-order chi connectivity index (χ0) is 20.8. The molecule has 0 atom stereocenters. The van der Waals surface area contributed by atoms with Gasteiger partial charge in [-0.05, 0) is 48.5 Å². The Labute approximate surface area is 174 Å². The number of ether oxygens (including phenoxy) is 1. The lowest BCUT2D eigenvalue weighted by Gasteiger charge is -2.05. The maximum atomic E-state index is 11.8. The zero-order valence-electron chi connectivity index (χ0n) is 14.7. The van der Waals surface area contributed by atoms with Gasteiger partial charge in [0.1, 0.15) is 11.5 Å². The number of hydrazone groups is 1. The van der Waals surface area contributed by atoms with E-state index in [9.17, 15) is 14.9 Å². The van der Waals surface area contributed by atoms with Gasteiger partial charge in [0.25, 0.3) is 5.91 Å². The molecule has 0 fully saturated rings. The molecule has 3 aromatic rings. The van der Waals surface area contributed by atoms with Crippen LogP contribution in [0.15, 0.2) is 64.1 Å². The summed E-state index contributed by atoms with van der Waals surface area (Å²) >= 11 is 11.6. The molecule has 0 unspecified atom stereocenters. The number of nitrogens with zero attached hydrogens (tertiary/aromatic N) is 2. The Morgan fingerprint density at radius 2 is 1.86 bits per heavy atom. The molecule has 0 aliphatic carbocycles. The van der Waals surface area contributed by atoms with Gasteiger partial charge in [0.2, 0.25) is 0 Å². The normalized spacial score (nSPS) is 10.8. The minimum Gasteiger partial charge on any atom is -0.477 e. The van der Waals surface area contributed by atoms with Crippen LogP contribution in [-0.4, -0.2) is 23.7 Å². The van der Waals surface area contributed by atoms with Gasteiger partial charge in [0.15, 0.2) is 12.4 Å². The number of halogens is 2. The zero-order valence-corrected chi connectivity index (χ0v) is 16.2. The largest absolute Gasteiger partial charge is 0.477 e. The van der Waals surface area contributed by atoms with Crippen LogP contribution < -0.4 is 10.2 Å². The van der Waals surface area contributed by atoms with E-state index in [2.05, 4.69) is 10.5 Å². The third-order valence-electron chi connectivity index (χ3n) is 3.61. The van der Waals surface area contributed by atoms with E-state index in [-0.39, 0.29) is 16.5 Å². The second-order valence-electron chi connectivity index (χ2n) is 5.66. The van der Waals surface area contributed by atoms with Gasteiger partial charge >= 0.3 is 5.69 Å². The van der Waals surface area contributed by atoms with Crippen LogP contribution in [0.4, 0.5) is 5.69 Å². The van der Waals surface area contributed by atoms with E-state index in [0.717, 1.165) is 11.6 Å². The summed E-state index contributed by atoms with van der Waals surface area (Å²) in [4.78, 5) is 22.2. The van der Waals surface area contributed by atoms with E-state index in [0.29, 0.717) is 16.5 Å². The summed E-state index contributed by atoms with van der Waals surface area (Å²) in [5.74, 6) is 0.365. The average Bonchev–Trinajstić information content (AvgIpc) is 3.16. The van der Waals surface area contributed by atoms with E-state index < -0.39 is 17.4 Å². The lowest BCUT2D eigenvalue weighted by Crippen LogP contribution is -2.24. The SMILES string of the molecule is O=C(COc1ccc(Cl)cc1[N+](=O)[O-])NN=Cc1ccc(-c2ccc(Cl)cc2)o1. The Balaban J connectivity index is 1.54. The molecule has 2 aromatic carbocycles. The van der Waals surface area contributed by atoms with Crippen molar-refractivity contribution in [3.05, 3.63) is 80.5 Å². The average molecular weight is 434 g/mol. The van der Waals surface area contributed by atoms with Crippen LogP contribution in [0.2, 0.25) is 10.0 Å². The molecule has 1 amide bonds.